The minimum absolute atomic E-state index is 0.351. The van der Waals surface area contributed by atoms with E-state index < -0.39 is 6.09 Å². The zero-order valence-electron chi connectivity index (χ0n) is 16.1. The number of para-hydroxylation sites is 2. The van der Waals surface area contributed by atoms with Crippen LogP contribution in [0.2, 0.25) is 5.02 Å². The van der Waals surface area contributed by atoms with Crippen LogP contribution in [0.5, 0.6) is 5.75 Å². The van der Waals surface area contributed by atoms with E-state index in [1.54, 1.807) is 6.07 Å². The monoisotopic (exact) mass is 403 g/mol. The fourth-order valence-corrected chi connectivity index (χ4v) is 3.27. The molecule has 0 aromatic heterocycles. The van der Waals surface area contributed by atoms with Crippen LogP contribution >= 0.6 is 11.6 Å². The van der Waals surface area contributed by atoms with Crippen molar-refractivity contribution in [2.75, 3.05) is 56.2 Å². The summed E-state index contributed by atoms with van der Waals surface area (Å²) in [4.78, 5) is 16.7. The Morgan fingerprint density at radius 1 is 1.07 bits per heavy atom. The molecule has 2 aromatic carbocycles. The van der Waals surface area contributed by atoms with E-state index in [1.165, 1.54) is 5.69 Å². The van der Waals surface area contributed by atoms with Crippen molar-refractivity contribution >= 4 is 29.1 Å². The molecule has 0 atom stereocenters. The molecule has 1 saturated heterocycles. The molecule has 0 saturated carbocycles. The van der Waals surface area contributed by atoms with E-state index in [9.17, 15) is 4.79 Å². The van der Waals surface area contributed by atoms with E-state index in [1.807, 2.05) is 49.4 Å². The van der Waals surface area contributed by atoms with Gasteiger partial charge in [-0.3, -0.25) is 10.2 Å². The van der Waals surface area contributed by atoms with Gasteiger partial charge in [-0.25, -0.2) is 4.79 Å². The van der Waals surface area contributed by atoms with Crippen LogP contribution in [-0.4, -0.2) is 56.9 Å². The smallest absolute Gasteiger partial charge is 0.411 e. The molecule has 1 amide bonds. The zero-order chi connectivity index (χ0) is 19.8. The molecule has 0 bridgehead atoms. The second kappa shape index (κ2) is 10.2. The Labute approximate surface area is 171 Å². The summed E-state index contributed by atoms with van der Waals surface area (Å²) in [6, 6.07) is 15.3. The van der Waals surface area contributed by atoms with Crippen LogP contribution in [0.1, 0.15) is 6.92 Å². The second-order valence-electron chi connectivity index (χ2n) is 6.50. The number of nitrogens with zero attached hydrogens (tertiary/aromatic N) is 2. The van der Waals surface area contributed by atoms with Crippen molar-refractivity contribution in [2.24, 2.45) is 0 Å². The third-order valence-electron chi connectivity index (χ3n) is 4.63. The molecule has 28 heavy (non-hydrogen) atoms. The van der Waals surface area contributed by atoms with E-state index in [-0.39, 0.29) is 0 Å². The van der Waals surface area contributed by atoms with Gasteiger partial charge in [-0.05, 0) is 43.3 Å². The molecule has 0 unspecified atom stereocenters. The van der Waals surface area contributed by atoms with Gasteiger partial charge < -0.3 is 14.4 Å². The molecule has 0 radical (unpaired) electrons. The van der Waals surface area contributed by atoms with Crippen LogP contribution in [0.4, 0.5) is 16.2 Å². The average Bonchev–Trinajstić information content (AvgIpc) is 2.71. The predicted molar refractivity (Wildman–Crippen MR) is 113 cm³/mol. The Kier molecular flexibility index (Phi) is 7.39. The number of amides is 1. The van der Waals surface area contributed by atoms with Gasteiger partial charge in [0.15, 0.2) is 0 Å². The first-order valence-corrected chi connectivity index (χ1v) is 9.92. The quantitative estimate of drug-likeness (QED) is 0.754. The number of rotatable bonds is 7. The maximum atomic E-state index is 12.0. The van der Waals surface area contributed by atoms with Crippen molar-refractivity contribution in [3.05, 3.63) is 53.6 Å². The summed E-state index contributed by atoms with van der Waals surface area (Å²) in [6.07, 6.45) is -0.466. The molecule has 6 nitrogen and oxygen atoms in total. The Morgan fingerprint density at radius 2 is 1.79 bits per heavy atom. The number of hydrogen-bond donors (Lipinski definition) is 1. The molecule has 1 heterocycles. The summed E-state index contributed by atoms with van der Waals surface area (Å²) in [5.74, 6) is 0.639. The fourth-order valence-electron chi connectivity index (χ4n) is 3.15. The van der Waals surface area contributed by atoms with E-state index in [2.05, 4.69) is 15.1 Å². The molecule has 0 aliphatic carbocycles. The molecule has 0 spiro atoms. The number of piperazine rings is 1. The number of halogens is 1. The highest BCUT2D eigenvalue weighted by molar-refractivity contribution is 6.30. The highest BCUT2D eigenvalue weighted by Gasteiger charge is 2.17. The van der Waals surface area contributed by atoms with Crippen LogP contribution < -0.4 is 15.0 Å². The first-order chi connectivity index (χ1) is 13.7. The summed E-state index contributed by atoms with van der Waals surface area (Å²) < 4.78 is 10.8. The van der Waals surface area contributed by atoms with Crippen LogP contribution in [0, 0.1) is 0 Å². The number of anilines is 2. The van der Waals surface area contributed by atoms with Gasteiger partial charge in [-0.15, -0.1) is 0 Å². The van der Waals surface area contributed by atoms with Crippen LogP contribution in [0.25, 0.3) is 0 Å². The molecular formula is C21H26ClN3O3. The summed E-state index contributed by atoms with van der Waals surface area (Å²) in [5, 5.41) is 3.49. The van der Waals surface area contributed by atoms with E-state index in [0.29, 0.717) is 24.7 Å². The van der Waals surface area contributed by atoms with Crippen molar-refractivity contribution in [3.8, 4) is 5.75 Å². The molecule has 1 fully saturated rings. The summed E-state index contributed by atoms with van der Waals surface area (Å²) in [5.41, 5.74) is 1.80. The normalized spacial score (nSPS) is 14.6. The van der Waals surface area contributed by atoms with Gasteiger partial charge in [0.2, 0.25) is 0 Å². The van der Waals surface area contributed by atoms with Crippen molar-refractivity contribution in [1.82, 2.24) is 4.90 Å². The molecule has 1 aliphatic rings. The standard InChI is InChI=1S/C21H26ClN3O3/c1-2-27-20-6-4-3-5-19(20)23-21(26)28-16-15-24-11-13-25(14-12-24)18-9-7-17(22)8-10-18/h3-10H,2,11-16H2,1H3,(H,23,26). The highest BCUT2D eigenvalue weighted by atomic mass is 35.5. The number of ether oxygens (including phenoxy) is 2. The van der Waals surface area contributed by atoms with Crippen molar-refractivity contribution in [1.29, 1.82) is 0 Å². The zero-order valence-corrected chi connectivity index (χ0v) is 16.8. The topological polar surface area (TPSA) is 54.0 Å². The summed E-state index contributed by atoms with van der Waals surface area (Å²) in [7, 11) is 0. The Bertz CT molecular complexity index is 762. The SMILES string of the molecule is CCOc1ccccc1NC(=O)OCCN1CCN(c2ccc(Cl)cc2)CC1. The predicted octanol–water partition coefficient (Wildman–Crippen LogP) is 4.11. The van der Waals surface area contributed by atoms with E-state index in [4.69, 9.17) is 21.1 Å². The number of hydrogen-bond acceptors (Lipinski definition) is 5. The molecule has 2 aromatic rings. The fraction of sp³-hybridized carbons (Fsp3) is 0.381. The van der Waals surface area contributed by atoms with Gasteiger partial charge in [0.05, 0.1) is 12.3 Å². The molecule has 1 N–H and O–H groups in total. The van der Waals surface area contributed by atoms with E-state index >= 15 is 0 Å². The van der Waals surface area contributed by atoms with Gasteiger partial charge >= 0.3 is 6.09 Å². The maximum absolute atomic E-state index is 12.0. The summed E-state index contributed by atoms with van der Waals surface area (Å²) in [6.45, 7) is 7.25. The number of carbonyl (C=O) groups is 1. The Balaban J connectivity index is 1.38. The minimum Gasteiger partial charge on any atom is -0.492 e. The lowest BCUT2D eigenvalue weighted by Crippen LogP contribution is -2.47. The number of benzene rings is 2. The second-order valence-corrected chi connectivity index (χ2v) is 6.93. The third kappa shape index (κ3) is 5.78. The van der Waals surface area contributed by atoms with Crippen molar-refractivity contribution in [2.45, 2.75) is 6.92 Å². The van der Waals surface area contributed by atoms with Gasteiger partial charge in [0, 0.05) is 43.4 Å². The van der Waals surface area contributed by atoms with Gasteiger partial charge in [0.1, 0.15) is 12.4 Å². The van der Waals surface area contributed by atoms with Crippen molar-refractivity contribution in [3.63, 3.8) is 0 Å². The van der Waals surface area contributed by atoms with Gasteiger partial charge in [-0.2, -0.15) is 0 Å². The first-order valence-electron chi connectivity index (χ1n) is 9.54. The number of carbonyl (C=O) groups excluding carboxylic acids is 1. The van der Waals surface area contributed by atoms with Crippen LogP contribution in [-0.2, 0) is 4.74 Å². The average molecular weight is 404 g/mol. The maximum Gasteiger partial charge on any atom is 0.411 e. The lowest BCUT2D eigenvalue weighted by molar-refractivity contribution is 0.137. The van der Waals surface area contributed by atoms with Crippen molar-refractivity contribution < 1.29 is 14.3 Å². The lowest BCUT2D eigenvalue weighted by atomic mass is 10.2. The molecule has 150 valence electrons. The molecular weight excluding hydrogens is 378 g/mol. The molecule has 3 rings (SSSR count). The molecule has 7 heteroatoms. The minimum atomic E-state index is -0.466. The van der Waals surface area contributed by atoms with Crippen LogP contribution in [0.3, 0.4) is 0 Å². The Hall–Kier alpha value is -2.44. The summed E-state index contributed by atoms with van der Waals surface area (Å²) >= 11 is 5.95. The highest BCUT2D eigenvalue weighted by Crippen LogP contribution is 2.23. The van der Waals surface area contributed by atoms with Gasteiger partial charge in [0.25, 0.3) is 0 Å². The largest absolute Gasteiger partial charge is 0.492 e. The Morgan fingerprint density at radius 3 is 2.50 bits per heavy atom. The third-order valence-corrected chi connectivity index (χ3v) is 4.88. The molecule has 1 aliphatic heterocycles. The first kappa shape index (κ1) is 20.3. The number of nitrogens with one attached hydrogen (secondary N) is 1. The lowest BCUT2D eigenvalue weighted by Gasteiger charge is -2.36. The van der Waals surface area contributed by atoms with E-state index in [0.717, 1.165) is 37.7 Å². The van der Waals surface area contributed by atoms with Crippen LogP contribution in [0.15, 0.2) is 48.5 Å². The van der Waals surface area contributed by atoms with Gasteiger partial charge in [-0.1, -0.05) is 23.7 Å².